The van der Waals surface area contributed by atoms with Crippen molar-refractivity contribution < 1.29 is 9.47 Å². The van der Waals surface area contributed by atoms with E-state index in [9.17, 15) is 0 Å². The molecule has 1 aromatic carbocycles. The SMILES string of the molecule is Clc1cc(COC2CCCCO2)ccc1Br. The zero-order valence-electron chi connectivity index (χ0n) is 8.92. The Hall–Kier alpha value is -0.0900. The van der Waals surface area contributed by atoms with E-state index in [1.807, 2.05) is 18.2 Å². The van der Waals surface area contributed by atoms with E-state index in [0.717, 1.165) is 29.5 Å². The van der Waals surface area contributed by atoms with Gasteiger partial charge in [-0.05, 0) is 52.9 Å². The van der Waals surface area contributed by atoms with E-state index in [0.29, 0.717) is 11.6 Å². The lowest BCUT2D eigenvalue weighted by Gasteiger charge is -2.22. The molecule has 0 aliphatic carbocycles. The molecule has 0 amide bonds. The average Bonchev–Trinajstić information content (AvgIpc) is 2.32. The van der Waals surface area contributed by atoms with Crippen molar-refractivity contribution in [1.29, 1.82) is 0 Å². The molecule has 16 heavy (non-hydrogen) atoms. The van der Waals surface area contributed by atoms with E-state index >= 15 is 0 Å². The number of rotatable bonds is 3. The summed E-state index contributed by atoms with van der Waals surface area (Å²) in [6.07, 6.45) is 3.27. The molecule has 1 aliphatic heterocycles. The molecule has 0 saturated carbocycles. The molecule has 0 aromatic heterocycles. The molecule has 1 fully saturated rings. The largest absolute Gasteiger partial charge is 0.353 e. The van der Waals surface area contributed by atoms with Gasteiger partial charge in [0, 0.05) is 11.1 Å². The second-order valence-electron chi connectivity index (χ2n) is 3.86. The third-order valence-corrected chi connectivity index (χ3v) is 3.79. The molecule has 1 aromatic rings. The second kappa shape index (κ2) is 6.01. The topological polar surface area (TPSA) is 18.5 Å². The van der Waals surface area contributed by atoms with Gasteiger partial charge < -0.3 is 9.47 Å². The van der Waals surface area contributed by atoms with Crippen LogP contribution in [-0.2, 0) is 16.1 Å². The zero-order chi connectivity index (χ0) is 11.4. The van der Waals surface area contributed by atoms with Crippen LogP contribution in [0.5, 0.6) is 0 Å². The lowest BCUT2D eigenvalue weighted by Crippen LogP contribution is -2.21. The highest BCUT2D eigenvalue weighted by molar-refractivity contribution is 9.10. The van der Waals surface area contributed by atoms with Crippen molar-refractivity contribution in [2.45, 2.75) is 32.2 Å². The van der Waals surface area contributed by atoms with E-state index in [-0.39, 0.29) is 6.29 Å². The highest BCUT2D eigenvalue weighted by Gasteiger charge is 2.13. The summed E-state index contributed by atoms with van der Waals surface area (Å²) in [6.45, 7) is 1.36. The molecule has 1 saturated heterocycles. The van der Waals surface area contributed by atoms with E-state index < -0.39 is 0 Å². The van der Waals surface area contributed by atoms with Crippen LogP contribution in [0.2, 0.25) is 5.02 Å². The third kappa shape index (κ3) is 3.45. The molecule has 2 rings (SSSR count). The quantitative estimate of drug-likeness (QED) is 0.835. The predicted molar refractivity (Wildman–Crippen MR) is 67.5 cm³/mol. The number of halogens is 2. The molecule has 1 heterocycles. The summed E-state index contributed by atoms with van der Waals surface area (Å²) in [6, 6.07) is 5.84. The molecule has 2 nitrogen and oxygen atoms in total. The van der Waals surface area contributed by atoms with Crippen molar-refractivity contribution in [1.82, 2.24) is 0 Å². The van der Waals surface area contributed by atoms with Crippen molar-refractivity contribution >= 4 is 27.5 Å². The van der Waals surface area contributed by atoms with Gasteiger partial charge >= 0.3 is 0 Å². The molecule has 1 aliphatic rings. The Bertz CT molecular complexity index is 351. The van der Waals surface area contributed by atoms with Gasteiger partial charge in [-0.15, -0.1) is 0 Å². The van der Waals surface area contributed by atoms with E-state index in [1.165, 1.54) is 6.42 Å². The summed E-state index contributed by atoms with van der Waals surface area (Å²) >= 11 is 9.36. The summed E-state index contributed by atoms with van der Waals surface area (Å²) in [5.41, 5.74) is 1.07. The minimum Gasteiger partial charge on any atom is -0.353 e. The normalized spacial score (nSPS) is 21.0. The van der Waals surface area contributed by atoms with Crippen LogP contribution in [0, 0.1) is 0 Å². The van der Waals surface area contributed by atoms with Gasteiger partial charge in [-0.25, -0.2) is 0 Å². The number of ether oxygens (including phenoxy) is 2. The van der Waals surface area contributed by atoms with Crippen LogP contribution >= 0.6 is 27.5 Å². The van der Waals surface area contributed by atoms with Crippen molar-refractivity contribution in [3.63, 3.8) is 0 Å². The first kappa shape index (κ1) is 12.4. The predicted octanol–water partition coefficient (Wildman–Crippen LogP) is 4.15. The average molecular weight is 306 g/mol. The van der Waals surface area contributed by atoms with Crippen molar-refractivity contribution in [3.8, 4) is 0 Å². The van der Waals surface area contributed by atoms with Crippen LogP contribution in [0.3, 0.4) is 0 Å². The van der Waals surface area contributed by atoms with Gasteiger partial charge in [0.1, 0.15) is 0 Å². The van der Waals surface area contributed by atoms with Gasteiger partial charge in [0.15, 0.2) is 6.29 Å². The van der Waals surface area contributed by atoms with Gasteiger partial charge in [0.05, 0.1) is 11.6 Å². The monoisotopic (exact) mass is 304 g/mol. The lowest BCUT2D eigenvalue weighted by atomic mass is 10.2. The maximum Gasteiger partial charge on any atom is 0.158 e. The van der Waals surface area contributed by atoms with E-state index in [2.05, 4.69) is 15.9 Å². The first-order valence-corrected chi connectivity index (χ1v) is 6.60. The first-order chi connectivity index (χ1) is 7.75. The molecule has 0 radical (unpaired) electrons. The number of hydrogen-bond acceptors (Lipinski definition) is 2. The Morgan fingerprint density at radius 1 is 1.44 bits per heavy atom. The fourth-order valence-electron chi connectivity index (χ4n) is 1.66. The molecule has 1 atom stereocenters. The highest BCUT2D eigenvalue weighted by atomic mass is 79.9. The highest BCUT2D eigenvalue weighted by Crippen LogP contribution is 2.24. The first-order valence-electron chi connectivity index (χ1n) is 5.43. The smallest absolute Gasteiger partial charge is 0.158 e. The van der Waals surface area contributed by atoms with Crippen LogP contribution in [0.4, 0.5) is 0 Å². The Morgan fingerprint density at radius 2 is 2.31 bits per heavy atom. The van der Waals surface area contributed by atoms with E-state index in [4.69, 9.17) is 21.1 Å². The van der Waals surface area contributed by atoms with Crippen LogP contribution in [0.15, 0.2) is 22.7 Å². The summed E-state index contributed by atoms with van der Waals surface area (Å²) in [5, 5.41) is 0.714. The fourth-order valence-corrected chi connectivity index (χ4v) is 2.11. The van der Waals surface area contributed by atoms with Crippen molar-refractivity contribution in [3.05, 3.63) is 33.3 Å². The molecule has 1 unspecified atom stereocenters. The van der Waals surface area contributed by atoms with Gasteiger partial charge in [0.2, 0.25) is 0 Å². The van der Waals surface area contributed by atoms with Gasteiger partial charge in [-0.3, -0.25) is 0 Å². The van der Waals surface area contributed by atoms with Crippen LogP contribution in [-0.4, -0.2) is 12.9 Å². The van der Waals surface area contributed by atoms with Gasteiger partial charge in [-0.2, -0.15) is 0 Å². The maximum absolute atomic E-state index is 6.00. The molecule has 0 N–H and O–H groups in total. The Kier molecular flexibility index (Phi) is 4.65. The minimum atomic E-state index is -0.0452. The molecule has 0 bridgehead atoms. The van der Waals surface area contributed by atoms with Gasteiger partial charge in [-0.1, -0.05) is 17.7 Å². The van der Waals surface area contributed by atoms with Crippen LogP contribution < -0.4 is 0 Å². The maximum atomic E-state index is 6.00. The standard InChI is InChI=1S/C12H14BrClO2/c13-10-5-4-9(7-11(10)14)8-16-12-3-1-2-6-15-12/h4-5,7,12H,1-3,6,8H2. The summed E-state index contributed by atoms with van der Waals surface area (Å²) in [5.74, 6) is 0. The van der Waals surface area contributed by atoms with Crippen molar-refractivity contribution in [2.75, 3.05) is 6.61 Å². The Balaban J connectivity index is 1.86. The van der Waals surface area contributed by atoms with Gasteiger partial charge in [0.25, 0.3) is 0 Å². The zero-order valence-corrected chi connectivity index (χ0v) is 11.3. The Morgan fingerprint density at radius 3 is 3.00 bits per heavy atom. The molecule has 4 heteroatoms. The molecular formula is C12H14BrClO2. The molecular weight excluding hydrogens is 291 g/mol. The van der Waals surface area contributed by atoms with Crippen LogP contribution in [0.1, 0.15) is 24.8 Å². The molecule has 88 valence electrons. The van der Waals surface area contributed by atoms with E-state index in [1.54, 1.807) is 0 Å². The number of benzene rings is 1. The molecule has 0 spiro atoms. The fraction of sp³-hybridized carbons (Fsp3) is 0.500. The summed E-state index contributed by atoms with van der Waals surface area (Å²) < 4.78 is 12.1. The van der Waals surface area contributed by atoms with Crippen LogP contribution in [0.25, 0.3) is 0 Å². The lowest BCUT2D eigenvalue weighted by molar-refractivity contribution is -0.168. The summed E-state index contributed by atoms with van der Waals surface area (Å²) in [4.78, 5) is 0. The number of hydrogen-bond donors (Lipinski definition) is 0. The third-order valence-electron chi connectivity index (χ3n) is 2.56. The Labute approximate surface area is 109 Å². The summed E-state index contributed by atoms with van der Waals surface area (Å²) in [7, 11) is 0. The minimum absolute atomic E-state index is 0.0452. The van der Waals surface area contributed by atoms with Crippen molar-refractivity contribution in [2.24, 2.45) is 0 Å². The second-order valence-corrected chi connectivity index (χ2v) is 5.12.